The summed E-state index contributed by atoms with van der Waals surface area (Å²) in [6.45, 7) is 6.72. The number of piperidine rings is 1. The average molecular weight is 435 g/mol. The summed E-state index contributed by atoms with van der Waals surface area (Å²) >= 11 is 0. The van der Waals surface area contributed by atoms with Gasteiger partial charge in [-0.1, -0.05) is 54.5 Å². The van der Waals surface area contributed by atoms with Gasteiger partial charge in [0.15, 0.2) is 5.96 Å². The molecule has 6 heteroatoms. The maximum Gasteiger partial charge on any atom is 0.192 e. The van der Waals surface area contributed by atoms with E-state index in [2.05, 4.69) is 28.9 Å². The number of hydrogen-bond donors (Lipinski definition) is 1. The van der Waals surface area contributed by atoms with Gasteiger partial charge >= 0.3 is 0 Å². The van der Waals surface area contributed by atoms with Crippen LogP contribution in [0.1, 0.15) is 63.0 Å². The first kappa shape index (κ1) is 22.1. The summed E-state index contributed by atoms with van der Waals surface area (Å²) in [6.07, 6.45) is 3.49. The van der Waals surface area contributed by atoms with Crippen molar-refractivity contribution in [2.45, 2.75) is 64.6 Å². The molecular formula is C26H31FN4O. The smallest absolute Gasteiger partial charge is 0.192 e. The number of aromatic nitrogens is 1. The van der Waals surface area contributed by atoms with Gasteiger partial charge in [-0.05, 0) is 50.3 Å². The minimum atomic E-state index is -0.248. The molecule has 3 aromatic rings. The zero-order chi connectivity index (χ0) is 22.7. The van der Waals surface area contributed by atoms with Gasteiger partial charge in [-0.25, -0.2) is 9.38 Å². The van der Waals surface area contributed by atoms with Crippen molar-refractivity contribution in [3.05, 3.63) is 77.4 Å². The van der Waals surface area contributed by atoms with Crippen LogP contribution in [-0.2, 0) is 6.54 Å². The van der Waals surface area contributed by atoms with E-state index in [1.807, 2.05) is 55.5 Å². The number of rotatable bonds is 5. The number of likely N-dealkylation sites (tertiary alicyclic amines) is 1. The summed E-state index contributed by atoms with van der Waals surface area (Å²) in [5.41, 5.74) is 9.29. The fraction of sp³-hybridized carbons (Fsp3) is 0.385. The molecule has 3 atom stereocenters. The van der Waals surface area contributed by atoms with Crippen molar-refractivity contribution in [3.63, 3.8) is 0 Å². The van der Waals surface area contributed by atoms with Gasteiger partial charge in [0.2, 0.25) is 0 Å². The van der Waals surface area contributed by atoms with E-state index in [9.17, 15) is 4.39 Å². The van der Waals surface area contributed by atoms with E-state index in [0.29, 0.717) is 41.6 Å². The van der Waals surface area contributed by atoms with Gasteiger partial charge in [0.1, 0.15) is 17.3 Å². The van der Waals surface area contributed by atoms with Gasteiger partial charge < -0.3 is 15.2 Å². The van der Waals surface area contributed by atoms with Crippen molar-refractivity contribution in [2.24, 2.45) is 10.7 Å². The lowest BCUT2D eigenvalue weighted by Gasteiger charge is -2.39. The summed E-state index contributed by atoms with van der Waals surface area (Å²) in [7, 11) is 0. The van der Waals surface area contributed by atoms with Crippen molar-refractivity contribution >= 4 is 5.96 Å². The first-order valence-electron chi connectivity index (χ1n) is 11.3. The lowest BCUT2D eigenvalue weighted by atomic mass is 9.95. The van der Waals surface area contributed by atoms with Crippen LogP contribution >= 0.6 is 0 Å². The van der Waals surface area contributed by atoms with Crippen molar-refractivity contribution in [3.8, 4) is 11.1 Å². The molecule has 1 aromatic heterocycles. The Morgan fingerprint density at radius 1 is 1.16 bits per heavy atom. The highest BCUT2D eigenvalue weighted by molar-refractivity contribution is 5.78. The van der Waals surface area contributed by atoms with Crippen LogP contribution in [0.5, 0.6) is 0 Å². The summed E-state index contributed by atoms with van der Waals surface area (Å²) in [6, 6.07) is 17.5. The van der Waals surface area contributed by atoms with Crippen LogP contribution in [0.4, 0.5) is 4.39 Å². The average Bonchev–Trinajstić information content (AvgIpc) is 3.26. The van der Waals surface area contributed by atoms with Gasteiger partial charge in [-0.3, -0.25) is 0 Å². The number of nitrogens with two attached hydrogens (primary N) is 1. The SMILES string of the molecule is CC(c1ccc(-c2ccccc2)c(F)c1)c1cc(C/N=C(/N)N2C(C)CCCC2C)no1. The molecule has 4 rings (SSSR count). The number of halogens is 1. The molecule has 5 nitrogen and oxygen atoms in total. The van der Waals surface area contributed by atoms with Crippen LogP contribution in [0.25, 0.3) is 11.1 Å². The standard InChI is InChI=1S/C26H31FN4O/c1-17-8-7-9-18(2)31(17)26(28)29-16-22-15-25(32-30-22)19(3)21-12-13-23(24(27)14-21)20-10-5-4-6-11-20/h4-6,10-15,17-19H,7-9,16H2,1-3H3,(H2,28,29). The molecule has 1 saturated heterocycles. The van der Waals surface area contributed by atoms with Gasteiger partial charge in [-0.15, -0.1) is 0 Å². The molecule has 168 valence electrons. The Hall–Kier alpha value is -3.15. The summed E-state index contributed by atoms with van der Waals surface area (Å²) in [5.74, 6) is 0.864. The van der Waals surface area contributed by atoms with Crippen LogP contribution in [0, 0.1) is 5.82 Å². The Balaban J connectivity index is 1.46. The normalized spacial score (nSPS) is 20.4. The van der Waals surface area contributed by atoms with E-state index in [1.165, 1.54) is 6.42 Å². The summed E-state index contributed by atoms with van der Waals surface area (Å²) in [5, 5.41) is 4.16. The second-order valence-corrected chi connectivity index (χ2v) is 8.76. The highest BCUT2D eigenvalue weighted by atomic mass is 19.1. The molecule has 2 heterocycles. The Kier molecular flexibility index (Phi) is 6.58. The molecule has 32 heavy (non-hydrogen) atoms. The molecule has 2 N–H and O–H groups in total. The third kappa shape index (κ3) is 4.69. The molecule has 0 bridgehead atoms. The van der Waals surface area contributed by atoms with E-state index in [1.54, 1.807) is 6.07 Å². The number of guanidine groups is 1. The Labute approximate surface area is 189 Å². The first-order valence-corrected chi connectivity index (χ1v) is 11.3. The second kappa shape index (κ2) is 9.55. The van der Waals surface area contributed by atoms with Crippen LogP contribution < -0.4 is 5.73 Å². The minimum absolute atomic E-state index is 0.126. The molecule has 0 amide bonds. The van der Waals surface area contributed by atoms with Gasteiger partial charge in [0.25, 0.3) is 0 Å². The molecule has 1 aliphatic heterocycles. The van der Waals surface area contributed by atoms with Gasteiger partial charge in [0.05, 0.1) is 6.54 Å². The third-order valence-corrected chi connectivity index (χ3v) is 6.44. The van der Waals surface area contributed by atoms with Crippen molar-refractivity contribution in [1.29, 1.82) is 0 Å². The van der Waals surface area contributed by atoms with Gasteiger partial charge in [-0.2, -0.15) is 0 Å². The third-order valence-electron chi connectivity index (χ3n) is 6.44. The quantitative estimate of drug-likeness (QED) is 0.412. The first-order chi connectivity index (χ1) is 15.4. The van der Waals surface area contributed by atoms with Gasteiger partial charge in [0, 0.05) is 29.6 Å². The fourth-order valence-corrected chi connectivity index (χ4v) is 4.54. The molecule has 0 radical (unpaired) electrons. The Morgan fingerprint density at radius 3 is 2.56 bits per heavy atom. The second-order valence-electron chi connectivity index (χ2n) is 8.76. The molecule has 3 unspecified atom stereocenters. The predicted molar refractivity (Wildman–Crippen MR) is 126 cm³/mol. The molecule has 2 aromatic carbocycles. The van der Waals surface area contributed by atoms with Crippen LogP contribution in [0.2, 0.25) is 0 Å². The van der Waals surface area contributed by atoms with Crippen LogP contribution in [0.15, 0.2) is 64.1 Å². The molecule has 1 fully saturated rings. The molecule has 0 saturated carbocycles. The van der Waals surface area contributed by atoms with E-state index < -0.39 is 0 Å². The van der Waals surface area contributed by atoms with E-state index in [-0.39, 0.29) is 11.7 Å². The maximum atomic E-state index is 14.8. The zero-order valence-electron chi connectivity index (χ0n) is 19.0. The lowest BCUT2D eigenvalue weighted by Crippen LogP contribution is -2.50. The number of nitrogens with zero attached hydrogens (tertiary/aromatic N) is 3. The fourth-order valence-electron chi connectivity index (χ4n) is 4.54. The van der Waals surface area contributed by atoms with Crippen molar-refractivity contribution in [1.82, 2.24) is 10.1 Å². The molecule has 0 aliphatic carbocycles. The topological polar surface area (TPSA) is 67.7 Å². The van der Waals surface area contributed by atoms with E-state index in [0.717, 1.165) is 24.0 Å². The van der Waals surface area contributed by atoms with E-state index >= 15 is 0 Å². The summed E-state index contributed by atoms with van der Waals surface area (Å²) in [4.78, 5) is 6.76. The summed E-state index contributed by atoms with van der Waals surface area (Å²) < 4.78 is 20.3. The highest BCUT2D eigenvalue weighted by Gasteiger charge is 2.26. The molecule has 0 spiro atoms. The molecular weight excluding hydrogens is 403 g/mol. The molecule has 1 aliphatic rings. The predicted octanol–water partition coefficient (Wildman–Crippen LogP) is 5.71. The highest BCUT2D eigenvalue weighted by Crippen LogP contribution is 2.30. The number of aliphatic imine (C=N–C) groups is 1. The zero-order valence-corrected chi connectivity index (χ0v) is 19.0. The number of benzene rings is 2. The van der Waals surface area contributed by atoms with E-state index in [4.69, 9.17) is 10.3 Å². The van der Waals surface area contributed by atoms with Crippen LogP contribution in [0.3, 0.4) is 0 Å². The minimum Gasteiger partial charge on any atom is -0.370 e. The van der Waals surface area contributed by atoms with Crippen molar-refractivity contribution < 1.29 is 8.91 Å². The maximum absolute atomic E-state index is 14.8. The number of hydrogen-bond acceptors (Lipinski definition) is 3. The van der Waals surface area contributed by atoms with Crippen molar-refractivity contribution in [2.75, 3.05) is 0 Å². The lowest BCUT2D eigenvalue weighted by molar-refractivity contribution is 0.188. The Morgan fingerprint density at radius 2 is 1.88 bits per heavy atom. The van der Waals surface area contributed by atoms with Crippen LogP contribution in [-0.4, -0.2) is 28.1 Å². The monoisotopic (exact) mass is 434 g/mol. The largest absolute Gasteiger partial charge is 0.370 e. The Bertz CT molecular complexity index is 1070.